The summed E-state index contributed by atoms with van der Waals surface area (Å²) in [5.74, 6) is -2.44. The van der Waals surface area contributed by atoms with Gasteiger partial charge in [0.1, 0.15) is 17.3 Å². The van der Waals surface area contributed by atoms with Gasteiger partial charge in [-0.15, -0.1) is 0 Å². The molecule has 3 N–H and O–H groups in total. The third-order valence-corrected chi connectivity index (χ3v) is 7.51. The summed E-state index contributed by atoms with van der Waals surface area (Å²) in [6.07, 6.45) is 4.18. The Bertz CT molecular complexity index is 1460. The van der Waals surface area contributed by atoms with E-state index in [1.165, 1.54) is 24.4 Å². The summed E-state index contributed by atoms with van der Waals surface area (Å²) in [7, 11) is -4.59. The highest BCUT2D eigenvalue weighted by Gasteiger charge is 2.51. The molecule has 0 amide bonds. The molecule has 1 aromatic heterocycles. The standard InChI is InChI=1S/C24H20F2N4O4S/c25-16-7-4-8-17(26)21(16)35(32,33)30-15-6-3-5-14(13-15)19-20(18-9-12-28-23(27)29-18)34-24(22(19)31)10-1-2-11-24/h3-9,12-13,30H,1-2,10-11H2,(H2,27,28,29). The number of nitrogens with one attached hydrogen (secondary N) is 1. The van der Waals surface area contributed by atoms with Crippen LogP contribution in [0.4, 0.5) is 20.4 Å². The van der Waals surface area contributed by atoms with Crippen LogP contribution in [-0.2, 0) is 19.6 Å². The van der Waals surface area contributed by atoms with Crippen LogP contribution in [0.1, 0.15) is 36.9 Å². The molecule has 0 unspecified atom stereocenters. The van der Waals surface area contributed by atoms with Gasteiger partial charge in [-0.1, -0.05) is 18.2 Å². The zero-order chi connectivity index (χ0) is 24.8. The van der Waals surface area contributed by atoms with Crippen molar-refractivity contribution in [3.63, 3.8) is 0 Å². The highest BCUT2D eigenvalue weighted by Crippen LogP contribution is 2.48. The van der Waals surface area contributed by atoms with Crippen LogP contribution in [0.2, 0.25) is 0 Å². The first-order valence-corrected chi connectivity index (χ1v) is 12.3. The summed E-state index contributed by atoms with van der Waals surface area (Å²) in [6, 6.07) is 10.3. The van der Waals surface area contributed by atoms with Gasteiger partial charge < -0.3 is 10.5 Å². The van der Waals surface area contributed by atoms with Crippen molar-refractivity contribution in [2.24, 2.45) is 0 Å². The molecule has 1 fully saturated rings. The molecule has 35 heavy (non-hydrogen) atoms. The number of benzene rings is 2. The van der Waals surface area contributed by atoms with E-state index in [1.807, 2.05) is 0 Å². The fraction of sp³-hybridized carbons (Fsp3) is 0.208. The van der Waals surface area contributed by atoms with Gasteiger partial charge in [0.25, 0.3) is 10.0 Å². The van der Waals surface area contributed by atoms with E-state index in [4.69, 9.17) is 10.5 Å². The fourth-order valence-electron chi connectivity index (χ4n) is 4.53. The van der Waals surface area contributed by atoms with Crippen molar-refractivity contribution in [2.75, 3.05) is 10.5 Å². The lowest BCUT2D eigenvalue weighted by atomic mass is 9.89. The molecule has 0 bridgehead atoms. The summed E-state index contributed by atoms with van der Waals surface area (Å²) in [5, 5.41) is 0. The predicted octanol–water partition coefficient (Wildman–Crippen LogP) is 3.92. The van der Waals surface area contributed by atoms with Crippen LogP contribution in [0.15, 0.2) is 59.6 Å². The van der Waals surface area contributed by atoms with Crippen molar-refractivity contribution in [1.29, 1.82) is 0 Å². The molecular weight excluding hydrogens is 478 g/mol. The minimum absolute atomic E-state index is 0.00574. The van der Waals surface area contributed by atoms with E-state index in [0.29, 0.717) is 24.1 Å². The highest BCUT2D eigenvalue weighted by atomic mass is 32.2. The summed E-state index contributed by atoms with van der Waals surface area (Å²) < 4.78 is 62.1. The van der Waals surface area contributed by atoms with Crippen molar-refractivity contribution in [3.8, 4) is 0 Å². The molecule has 2 heterocycles. The second-order valence-corrected chi connectivity index (χ2v) is 9.99. The maximum absolute atomic E-state index is 14.1. The van der Waals surface area contributed by atoms with E-state index in [-0.39, 0.29) is 28.8 Å². The Hall–Kier alpha value is -3.86. The average molecular weight is 499 g/mol. The van der Waals surface area contributed by atoms with Gasteiger partial charge in [0.15, 0.2) is 16.3 Å². The number of rotatable bonds is 5. The molecule has 11 heteroatoms. The van der Waals surface area contributed by atoms with Crippen LogP contribution in [0.25, 0.3) is 11.3 Å². The van der Waals surface area contributed by atoms with Gasteiger partial charge in [-0.25, -0.2) is 27.2 Å². The molecule has 1 aliphatic carbocycles. The minimum Gasteiger partial charge on any atom is -0.476 e. The van der Waals surface area contributed by atoms with Crippen LogP contribution in [0, 0.1) is 11.6 Å². The largest absolute Gasteiger partial charge is 0.476 e. The summed E-state index contributed by atoms with van der Waals surface area (Å²) in [5.41, 5.74) is 5.65. The number of ketones is 1. The number of sulfonamides is 1. The first-order chi connectivity index (χ1) is 16.7. The maximum Gasteiger partial charge on any atom is 0.267 e. The number of halogens is 2. The number of aromatic nitrogens is 2. The zero-order valence-corrected chi connectivity index (χ0v) is 19.1. The quantitative estimate of drug-likeness (QED) is 0.546. The molecule has 0 radical (unpaired) electrons. The van der Waals surface area contributed by atoms with Crippen LogP contribution in [0.3, 0.4) is 0 Å². The number of carbonyl (C=O) groups excluding carboxylic acids is 1. The Labute approximate surface area is 199 Å². The van der Waals surface area contributed by atoms with Crippen molar-refractivity contribution in [2.45, 2.75) is 36.2 Å². The second kappa shape index (κ2) is 8.42. The monoisotopic (exact) mass is 498 g/mol. The van der Waals surface area contributed by atoms with Crippen LogP contribution in [0.5, 0.6) is 0 Å². The predicted molar refractivity (Wildman–Crippen MR) is 124 cm³/mol. The average Bonchev–Trinajstić information content (AvgIpc) is 3.39. The third kappa shape index (κ3) is 4.01. The Morgan fingerprint density at radius 1 is 1.03 bits per heavy atom. The number of carbonyl (C=O) groups is 1. The van der Waals surface area contributed by atoms with Crippen LogP contribution >= 0.6 is 0 Å². The molecule has 3 aromatic rings. The molecule has 2 aromatic carbocycles. The Morgan fingerprint density at radius 2 is 1.71 bits per heavy atom. The number of Topliss-reactive ketones (excluding diaryl/α,β-unsaturated/α-hetero) is 1. The number of anilines is 2. The Morgan fingerprint density at radius 3 is 2.40 bits per heavy atom. The second-order valence-electron chi connectivity index (χ2n) is 8.37. The molecule has 0 atom stereocenters. The zero-order valence-electron chi connectivity index (χ0n) is 18.3. The molecule has 8 nitrogen and oxygen atoms in total. The molecule has 1 saturated carbocycles. The van der Waals surface area contributed by atoms with Crippen molar-refractivity contribution in [1.82, 2.24) is 9.97 Å². The van der Waals surface area contributed by atoms with Gasteiger partial charge in [-0.2, -0.15) is 0 Å². The van der Waals surface area contributed by atoms with Gasteiger partial charge in [0.05, 0.1) is 5.57 Å². The number of nitrogen functional groups attached to an aromatic ring is 1. The molecule has 180 valence electrons. The van der Waals surface area contributed by atoms with Gasteiger partial charge in [-0.3, -0.25) is 9.52 Å². The number of ether oxygens (including phenoxy) is 1. The molecule has 0 saturated heterocycles. The van der Waals surface area contributed by atoms with E-state index in [0.717, 1.165) is 31.0 Å². The first kappa shape index (κ1) is 22.9. The van der Waals surface area contributed by atoms with Gasteiger partial charge in [0, 0.05) is 11.9 Å². The van der Waals surface area contributed by atoms with Crippen LogP contribution < -0.4 is 10.5 Å². The topological polar surface area (TPSA) is 124 Å². The molecule has 2 aliphatic rings. The van der Waals surface area contributed by atoms with Gasteiger partial charge in [-0.05, 0) is 61.6 Å². The lowest BCUT2D eigenvalue weighted by molar-refractivity contribution is -0.127. The Kier molecular flexibility index (Phi) is 5.51. The lowest BCUT2D eigenvalue weighted by Gasteiger charge is -2.22. The van der Waals surface area contributed by atoms with E-state index in [1.54, 1.807) is 12.1 Å². The highest BCUT2D eigenvalue weighted by molar-refractivity contribution is 7.92. The van der Waals surface area contributed by atoms with E-state index < -0.39 is 32.2 Å². The van der Waals surface area contributed by atoms with Gasteiger partial charge in [0.2, 0.25) is 11.7 Å². The van der Waals surface area contributed by atoms with Crippen molar-refractivity contribution >= 4 is 38.8 Å². The lowest BCUT2D eigenvalue weighted by Crippen LogP contribution is -2.33. The summed E-state index contributed by atoms with van der Waals surface area (Å²) in [6.45, 7) is 0. The minimum atomic E-state index is -4.59. The molecule has 1 spiro atoms. The maximum atomic E-state index is 14.1. The number of nitrogens with zero attached hydrogens (tertiary/aromatic N) is 2. The number of hydrogen-bond acceptors (Lipinski definition) is 7. The normalized spacial score (nSPS) is 17.1. The SMILES string of the molecule is Nc1nccc(C2=C(c3cccc(NS(=O)(=O)c4c(F)cccc4F)c3)C(=O)C3(CCCC3)O2)n1. The molecule has 5 rings (SSSR count). The molecular formula is C24H20F2N4O4S. The van der Waals surface area contributed by atoms with Crippen molar-refractivity contribution < 1.29 is 26.7 Å². The van der Waals surface area contributed by atoms with Gasteiger partial charge >= 0.3 is 0 Å². The summed E-state index contributed by atoms with van der Waals surface area (Å²) in [4.78, 5) is 20.6. The van der Waals surface area contributed by atoms with E-state index >= 15 is 0 Å². The number of hydrogen-bond donors (Lipinski definition) is 2. The Balaban J connectivity index is 1.58. The summed E-state index contributed by atoms with van der Waals surface area (Å²) >= 11 is 0. The fourth-order valence-corrected chi connectivity index (χ4v) is 5.71. The van der Waals surface area contributed by atoms with Crippen LogP contribution in [-0.4, -0.2) is 29.8 Å². The first-order valence-electron chi connectivity index (χ1n) is 10.8. The smallest absolute Gasteiger partial charge is 0.267 e. The molecule has 1 aliphatic heterocycles. The number of nitrogens with two attached hydrogens (primary N) is 1. The van der Waals surface area contributed by atoms with E-state index in [9.17, 15) is 22.0 Å². The van der Waals surface area contributed by atoms with Crippen molar-refractivity contribution in [3.05, 3.63) is 77.6 Å². The third-order valence-electron chi connectivity index (χ3n) is 6.07. The van der Waals surface area contributed by atoms with E-state index in [2.05, 4.69) is 14.7 Å².